The first-order valence-corrected chi connectivity index (χ1v) is 9.25. The second kappa shape index (κ2) is 5.36. The number of hydrogen-bond acceptors (Lipinski definition) is 7. The standard InChI is InChI=1S/C12H14N4O4S2/c1-6-5-7(6)8-3-4-9(20-8)10(17)13-11-14-15-12(21-11)16-22(2,18)19/h3-4,6-7H,5H2,1-2H3,(H,15,16)(H,13,14,17)/t6-,7+/m1/s1. The van der Waals surface area contributed by atoms with Gasteiger partial charge in [0.1, 0.15) is 5.76 Å². The van der Waals surface area contributed by atoms with E-state index in [0.717, 1.165) is 29.8 Å². The number of nitrogens with one attached hydrogen (secondary N) is 2. The van der Waals surface area contributed by atoms with Gasteiger partial charge in [0.2, 0.25) is 20.3 Å². The Labute approximate surface area is 131 Å². The lowest BCUT2D eigenvalue weighted by Gasteiger charge is -1.97. The van der Waals surface area contributed by atoms with E-state index in [1.54, 1.807) is 12.1 Å². The van der Waals surface area contributed by atoms with Crippen LogP contribution in [0.4, 0.5) is 10.3 Å². The van der Waals surface area contributed by atoms with E-state index in [0.29, 0.717) is 11.8 Å². The molecule has 1 saturated carbocycles. The second-order valence-electron chi connectivity index (χ2n) is 5.26. The molecule has 1 amide bonds. The molecule has 10 heteroatoms. The Kier molecular flexibility index (Phi) is 3.65. The van der Waals surface area contributed by atoms with Crippen molar-refractivity contribution in [2.75, 3.05) is 16.3 Å². The molecule has 0 aliphatic heterocycles. The molecule has 0 saturated heterocycles. The van der Waals surface area contributed by atoms with Crippen molar-refractivity contribution in [3.8, 4) is 0 Å². The second-order valence-corrected chi connectivity index (χ2v) is 7.99. The summed E-state index contributed by atoms with van der Waals surface area (Å²) >= 11 is 0.922. The Bertz CT molecular complexity index is 811. The van der Waals surface area contributed by atoms with Crippen LogP contribution in [-0.2, 0) is 10.0 Å². The van der Waals surface area contributed by atoms with Crippen molar-refractivity contribution in [3.63, 3.8) is 0 Å². The van der Waals surface area contributed by atoms with Crippen LogP contribution in [0.3, 0.4) is 0 Å². The van der Waals surface area contributed by atoms with Gasteiger partial charge in [0, 0.05) is 5.92 Å². The number of sulfonamides is 1. The van der Waals surface area contributed by atoms with Crippen LogP contribution in [0.1, 0.15) is 35.6 Å². The molecule has 118 valence electrons. The molecule has 0 spiro atoms. The topological polar surface area (TPSA) is 114 Å². The first-order valence-electron chi connectivity index (χ1n) is 6.54. The SMILES string of the molecule is C[C@@H]1C[C@@H]1c1ccc(C(=O)Nc2nnc(NS(C)(=O)=O)s2)o1. The first-order chi connectivity index (χ1) is 10.3. The fourth-order valence-electron chi connectivity index (χ4n) is 2.03. The molecule has 3 rings (SSSR count). The van der Waals surface area contributed by atoms with Crippen LogP contribution in [-0.4, -0.2) is 30.8 Å². The van der Waals surface area contributed by atoms with Gasteiger partial charge >= 0.3 is 0 Å². The summed E-state index contributed by atoms with van der Waals surface area (Å²) in [6.07, 6.45) is 2.08. The van der Waals surface area contributed by atoms with E-state index in [-0.39, 0.29) is 16.0 Å². The zero-order valence-electron chi connectivity index (χ0n) is 11.9. The highest BCUT2D eigenvalue weighted by Crippen LogP contribution is 2.47. The summed E-state index contributed by atoms with van der Waals surface area (Å²) in [6.45, 7) is 2.13. The Balaban J connectivity index is 1.65. The third-order valence-electron chi connectivity index (χ3n) is 3.24. The minimum atomic E-state index is -3.42. The minimum Gasteiger partial charge on any atom is -0.456 e. The molecule has 8 nitrogen and oxygen atoms in total. The zero-order chi connectivity index (χ0) is 15.9. The van der Waals surface area contributed by atoms with Crippen LogP contribution in [0.25, 0.3) is 0 Å². The van der Waals surface area contributed by atoms with E-state index < -0.39 is 15.9 Å². The van der Waals surface area contributed by atoms with Gasteiger partial charge in [-0.25, -0.2) is 8.42 Å². The predicted octanol–water partition coefficient (Wildman–Crippen LogP) is 1.88. The van der Waals surface area contributed by atoms with E-state index >= 15 is 0 Å². The maximum Gasteiger partial charge on any atom is 0.293 e. The number of furan rings is 1. The van der Waals surface area contributed by atoms with Crippen LogP contribution in [0, 0.1) is 5.92 Å². The monoisotopic (exact) mass is 342 g/mol. The van der Waals surface area contributed by atoms with E-state index in [1.165, 1.54) is 0 Å². The number of carbonyl (C=O) groups excluding carboxylic acids is 1. The van der Waals surface area contributed by atoms with Gasteiger partial charge in [0.25, 0.3) is 5.91 Å². The molecule has 2 N–H and O–H groups in total. The molecular formula is C12H14N4O4S2. The number of anilines is 2. The van der Waals surface area contributed by atoms with Crippen LogP contribution in [0.15, 0.2) is 16.5 Å². The normalized spacial score (nSPS) is 20.6. The van der Waals surface area contributed by atoms with Gasteiger partial charge in [-0.3, -0.25) is 14.8 Å². The molecule has 2 atom stereocenters. The number of aromatic nitrogens is 2. The molecule has 22 heavy (non-hydrogen) atoms. The summed E-state index contributed by atoms with van der Waals surface area (Å²) < 4.78 is 29.9. The van der Waals surface area contributed by atoms with Gasteiger partial charge in [-0.15, -0.1) is 10.2 Å². The molecule has 1 aliphatic carbocycles. The highest BCUT2D eigenvalue weighted by atomic mass is 32.2. The van der Waals surface area contributed by atoms with Crippen molar-refractivity contribution in [2.24, 2.45) is 5.92 Å². The zero-order valence-corrected chi connectivity index (χ0v) is 13.5. The average Bonchev–Trinajstić information content (AvgIpc) is 2.84. The molecule has 2 aromatic rings. The van der Waals surface area contributed by atoms with Crippen molar-refractivity contribution in [2.45, 2.75) is 19.3 Å². The molecule has 0 unspecified atom stereocenters. The van der Waals surface area contributed by atoms with Gasteiger partial charge < -0.3 is 4.42 Å². The van der Waals surface area contributed by atoms with Crippen LogP contribution in [0.5, 0.6) is 0 Å². The van der Waals surface area contributed by atoms with Crippen molar-refractivity contribution < 1.29 is 17.6 Å². The van der Waals surface area contributed by atoms with E-state index in [9.17, 15) is 13.2 Å². The predicted molar refractivity (Wildman–Crippen MR) is 81.6 cm³/mol. The van der Waals surface area contributed by atoms with E-state index in [4.69, 9.17) is 4.42 Å². The molecule has 0 bridgehead atoms. The first kappa shape index (κ1) is 15.0. The third kappa shape index (κ3) is 3.45. The summed E-state index contributed by atoms with van der Waals surface area (Å²) in [5, 5.41) is 10.1. The van der Waals surface area contributed by atoms with Crippen molar-refractivity contribution in [1.82, 2.24) is 10.2 Å². The smallest absolute Gasteiger partial charge is 0.293 e. The van der Waals surface area contributed by atoms with E-state index in [2.05, 4.69) is 27.2 Å². The molecule has 2 heterocycles. The molecule has 1 fully saturated rings. The lowest BCUT2D eigenvalue weighted by atomic mass is 10.3. The van der Waals surface area contributed by atoms with E-state index in [1.807, 2.05) is 0 Å². The molecule has 0 radical (unpaired) electrons. The Morgan fingerprint density at radius 3 is 2.68 bits per heavy atom. The van der Waals surface area contributed by atoms with Crippen LogP contribution >= 0.6 is 11.3 Å². The Morgan fingerprint density at radius 1 is 1.36 bits per heavy atom. The maximum absolute atomic E-state index is 12.0. The molecule has 2 aromatic heterocycles. The third-order valence-corrected chi connectivity index (χ3v) is 4.69. The number of carbonyl (C=O) groups is 1. The number of hydrogen-bond donors (Lipinski definition) is 2. The fourth-order valence-corrected chi connectivity index (χ4v) is 3.49. The van der Waals surface area contributed by atoms with Gasteiger partial charge in [-0.05, 0) is 24.5 Å². The quantitative estimate of drug-likeness (QED) is 0.857. The van der Waals surface area contributed by atoms with Gasteiger partial charge in [0.15, 0.2) is 5.76 Å². The summed E-state index contributed by atoms with van der Waals surface area (Å²) in [5.41, 5.74) is 0. The lowest BCUT2D eigenvalue weighted by molar-refractivity contribution is 0.0994. The average molecular weight is 342 g/mol. The summed E-state index contributed by atoms with van der Waals surface area (Å²) in [4.78, 5) is 12.0. The molecule has 0 aromatic carbocycles. The number of nitrogens with zero attached hydrogens (tertiary/aromatic N) is 2. The highest BCUT2D eigenvalue weighted by molar-refractivity contribution is 7.92. The highest BCUT2D eigenvalue weighted by Gasteiger charge is 2.37. The largest absolute Gasteiger partial charge is 0.456 e. The number of rotatable bonds is 5. The summed E-state index contributed by atoms with van der Waals surface area (Å²) in [6, 6.07) is 3.42. The minimum absolute atomic E-state index is 0.0877. The van der Waals surface area contributed by atoms with Gasteiger partial charge in [0.05, 0.1) is 6.26 Å². The van der Waals surface area contributed by atoms with Crippen LogP contribution in [0.2, 0.25) is 0 Å². The van der Waals surface area contributed by atoms with Gasteiger partial charge in [-0.2, -0.15) is 0 Å². The Morgan fingerprint density at radius 2 is 2.05 bits per heavy atom. The maximum atomic E-state index is 12.0. The van der Waals surface area contributed by atoms with Crippen LogP contribution < -0.4 is 10.0 Å². The lowest BCUT2D eigenvalue weighted by Crippen LogP contribution is -2.10. The van der Waals surface area contributed by atoms with Crippen molar-refractivity contribution in [3.05, 3.63) is 23.7 Å². The van der Waals surface area contributed by atoms with Gasteiger partial charge in [-0.1, -0.05) is 18.3 Å². The molecular weight excluding hydrogens is 328 g/mol. The Hall–Kier alpha value is -1.94. The summed E-state index contributed by atoms with van der Waals surface area (Å²) in [7, 11) is -3.42. The molecule has 1 aliphatic rings. The number of amides is 1. The van der Waals surface area contributed by atoms with Crippen molar-refractivity contribution in [1.29, 1.82) is 0 Å². The fraction of sp³-hybridized carbons (Fsp3) is 0.417. The van der Waals surface area contributed by atoms with Crippen molar-refractivity contribution >= 4 is 37.5 Å². The summed E-state index contributed by atoms with van der Waals surface area (Å²) in [5.74, 6) is 1.56.